The smallest absolute Gasteiger partial charge is 0.408 e. The summed E-state index contributed by atoms with van der Waals surface area (Å²) in [7, 11) is 2.70. The van der Waals surface area contributed by atoms with Crippen LogP contribution in [0.2, 0.25) is 0 Å². The van der Waals surface area contributed by atoms with Gasteiger partial charge < -0.3 is 53.6 Å². The van der Waals surface area contributed by atoms with Crippen molar-refractivity contribution in [1.29, 1.82) is 0 Å². The zero-order valence-electron chi connectivity index (χ0n) is 44.2. The molecule has 0 aromatic heterocycles. The molecule has 6 aromatic rings. The monoisotopic (exact) mass is 1090 g/mol. The number of Topliss-reactive ketones (excluding diaryl/α,β-unsaturated/α-hetero) is 3. The van der Waals surface area contributed by atoms with Crippen LogP contribution in [0.1, 0.15) is 55.8 Å². The minimum atomic E-state index is -1.19. The lowest BCUT2D eigenvalue weighted by Gasteiger charge is -2.23. The molecule has 9 atom stereocenters. The van der Waals surface area contributed by atoms with Gasteiger partial charge in [0.05, 0.1) is 29.1 Å². The summed E-state index contributed by atoms with van der Waals surface area (Å²) in [6, 6.07) is 51.9. The third-order valence-electron chi connectivity index (χ3n) is 13.3. The first-order valence-electron chi connectivity index (χ1n) is 26.0. The highest BCUT2D eigenvalue weighted by Gasteiger charge is 2.47. The molecule has 2 fully saturated rings. The summed E-state index contributed by atoms with van der Waals surface area (Å²) in [6.45, 7) is -0.331. The van der Waals surface area contributed by atoms with Crippen LogP contribution in [0, 0.1) is 11.8 Å². The van der Waals surface area contributed by atoms with Crippen molar-refractivity contribution in [2.45, 2.75) is 81.9 Å². The summed E-state index contributed by atoms with van der Waals surface area (Å²) in [5, 5.41) is 16.2. The van der Waals surface area contributed by atoms with Crippen LogP contribution in [-0.2, 0) is 78.3 Å². The number of rotatable bonds is 24. The normalized spacial score (nSPS) is 19.9. The van der Waals surface area contributed by atoms with Crippen LogP contribution in [0.15, 0.2) is 182 Å². The van der Waals surface area contributed by atoms with E-state index in [9.17, 15) is 38.7 Å². The van der Waals surface area contributed by atoms with Crippen LogP contribution in [0.25, 0.3) is 0 Å². The number of aliphatic hydroxyl groups is 1. The van der Waals surface area contributed by atoms with Gasteiger partial charge in [-0.25, -0.2) is 19.2 Å². The number of hydrogen-bond donors (Lipinski definition) is 3. The van der Waals surface area contributed by atoms with Crippen molar-refractivity contribution < 1.29 is 76.6 Å². The Balaban J connectivity index is 0.000000231. The van der Waals surface area contributed by atoms with E-state index < -0.39 is 90.5 Å². The number of aliphatic hydroxyl groups excluding tert-OH is 1. The summed E-state index contributed by atoms with van der Waals surface area (Å²) in [6.07, 6.45) is -6.46. The molecular formula is C62H64N2O16. The van der Waals surface area contributed by atoms with Crippen LogP contribution in [0.4, 0.5) is 9.59 Å². The number of carbonyl (C=O) groups is 7. The topological polar surface area (TPSA) is 238 Å². The fourth-order valence-electron chi connectivity index (χ4n) is 8.99. The van der Waals surface area contributed by atoms with Crippen LogP contribution in [0.3, 0.4) is 0 Å². The SMILES string of the molecule is CO[C@@H]1O[C@H](COC(=O)c2ccccc2)[C@H](CC(=O)[C@H](Cc2ccccc2)NC(=O)OCc2ccccc2)C1=O.CO[C@@H]1O[C@H](COC(=O)c2ccccc2)[C@H](CC(=O)[C@H](Cc2ccccc2)NC(=O)OCc2ccccc2)C1O. The molecule has 0 spiro atoms. The predicted molar refractivity (Wildman–Crippen MR) is 289 cm³/mol. The Bertz CT molecular complexity index is 2920. The van der Waals surface area contributed by atoms with Gasteiger partial charge in [-0.15, -0.1) is 0 Å². The molecule has 2 aliphatic heterocycles. The Labute approximate surface area is 463 Å². The largest absolute Gasteiger partial charge is 0.459 e. The molecular weight excluding hydrogens is 1030 g/mol. The summed E-state index contributed by atoms with van der Waals surface area (Å²) >= 11 is 0. The molecule has 0 saturated carbocycles. The van der Waals surface area contributed by atoms with Crippen LogP contribution < -0.4 is 10.6 Å². The molecule has 2 aliphatic rings. The molecule has 0 bridgehead atoms. The summed E-state index contributed by atoms with van der Waals surface area (Å²) < 4.78 is 43.3. The Morgan fingerprint density at radius 2 is 0.875 bits per heavy atom. The van der Waals surface area contributed by atoms with Gasteiger partial charge in [0.25, 0.3) is 0 Å². The first-order chi connectivity index (χ1) is 38.9. The van der Waals surface area contributed by atoms with Crippen LogP contribution in [-0.4, -0.2) is 117 Å². The van der Waals surface area contributed by atoms with E-state index in [0.29, 0.717) is 11.1 Å². The van der Waals surface area contributed by atoms with E-state index in [4.69, 9.17) is 37.9 Å². The number of hydrogen-bond acceptors (Lipinski definition) is 16. The van der Waals surface area contributed by atoms with Gasteiger partial charge >= 0.3 is 24.1 Å². The zero-order valence-corrected chi connectivity index (χ0v) is 44.2. The number of ether oxygens (including phenoxy) is 8. The molecule has 0 aliphatic carbocycles. The zero-order chi connectivity index (χ0) is 56.6. The van der Waals surface area contributed by atoms with Gasteiger partial charge in [0.1, 0.15) is 44.7 Å². The predicted octanol–water partition coefficient (Wildman–Crippen LogP) is 7.59. The molecule has 3 N–H and O–H groups in total. The van der Waals surface area contributed by atoms with Gasteiger partial charge in [0.15, 0.2) is 23.6 Å². The molecule has 2 amide bonds. The first kappa shape index (κ1) is 59.3. The van der Waals surface area contributed by atoms with Gasteiger partial charge in [0, 0.05) is 33.0 Å². The molecule has 8 rings (SSSR count). The van der Waals surface area contributed by atoms with Crippen molar-refractivity contribution in [2.24, 2.45) is 11.8 Å². The molecule has 0 radical (unpaired) electrons. The van der Waals surface area contributed by atoms with Gasteiger partial charge in [-0.2, -0.15) is 0 Å². The molecule has 18 heteroatoms. The maximum Gasteiger partial charge on any atom is 0.408 e. The van der Waals surface area contributed by atoms with E-state index >= 15 is 0 Å². The standard InChI is InChI=1S/C31H33NO8.C31H31NO8/c2*1-37-30-28(34)24(27(40-30)20-38-29(35)23-15-9-4-10-16-23)18-26(33)25(17-21-11-5-2-6-12-21)32-31(36)39-19-22-13-7-3-8-14-22/h2-16,24-25,27-28,30,34H,17-20H2,1H3,(H,32,36);2-16,24-25,27,30H,17-20H2,1H3,(H,32,36)/t24-,25-,27+,28?,30+;24-,25-,27+,30+/m00/s1. The number of nitrogens with one attached hydrogen (secondary N) is 2. The quantitative estimate of drug-likeness (QED) is 0.0391. The fourth-order valence-corrected chi connectivity index (χ4v) is 8.99. The summed E-state index contributed by atoms with van der Waals surface area (Å²) in [5.74, 6) is -3.94. The highest BCUT2D eigenvalue weighted by molar-refractivity contribution is 5.95. The van der Waals surface area contributed by atoms with E-state index in [-0.39, 0.29) is 57.9 Å². The van der Waals surface area contributed by atoms with Crippen LogP contribution in [0.5, 0.6) is 0 Å². The van der Waals surface area contributed by atoms with Crippen LogP contribution >= 0.6 is 0 Å². The van der Waals surface area contributed by atoms with Gasteiger partial charge in [-0.05, 0) is 59.4 Å². The first-order valence-corrected chi connectivity index (χ1v) is 26.0. The molecule has 1 unspecified atom stereocenters. The minimum Gasteiger partial charge on any atom is -0.459 e. The van der Waals surface area contributed by atoms with Crippen molar-refractivity contribution in [3.63, 3.8) is 0 Å². The lowest BCUT2D eigenvalue weighted by Crippen LogP contribution is -2.44. The van der Waals surface area contributed by atoms with Crippen molar-refractivity contribution >= 4 is 41.5 Å². The van der Waals surface area contributed by atoms with Crippen molar-refractivity contribution in [1.82, 2.24) is 10.6 Å². The maximum atomic E-state index is 13.6. The number of esters is 2. The van der Waals surface area contributed by atoms with Crippen molar-refractivity contribution in [2.75, 3.05) is 27.4 Å². The van der Waals surface area contributed by atoms with Gasteiger partial charge in [0.2, 0.25) is 6.29 Å². The average molecular weight is 1090 g/mol. The molecule has 6 aromatic carbocycles. The molecule has 18 nitrogen and oxygen atoms in total. The summed E-state index contributed by atoms with van der Waals surface area (Å²) in [5.41, 5.74) is 4.00. The maximum absolute atomic E-state index is 13.6. The number of amides is 2. The van der Waals surface area contributed by atoms with E-state index in [0.717, 1.165) is 22.3 Å². The van der Waals surface area contributed by atoms with E-state index in [1.165, 1.54) is 14.2 Å². The third-order valence-corrected chi connectivity index (χ3v) is 13.3. The third kappa shape index (κ3) is 17.8. The second kappa shape index (κ2) is 30.7. The minimum absolute atomic E-state index is 0.0399. The fraction of sp³-hybridized carbons (Fsp3) is 0.306. The van der Waals surface area contributed by atoms with Gasteiger partial charge in [-0.3, -0.25) is 14.4 Å². The number of ketones is 3. The highest BCUT2D eigenvalue weighted by Crippen LogP contribution is 2.32. The lowest BCUT2D eigenvalue weighted by atomic mass is 9.89. The van der Waals surface area contributed by atoms with E-state index in [1.807, 2.05) is 121 Å². The number of carbonyl (C=O) groups excluding carboxylic acids is 7. The second-order valence-electron chi connectivity index (χ2n) is 18.9. The van der Waals surface area contributed by atoms with E-state index in [2.05, 4.69) is 10.6 Å². The number of methoxy groups -OCH3 is 2. The lowest BCUT2D eigenvalue weighted by molar-refractivity contribution is -0.153. The molecule has 2 saturated heterocycles. The molecule has 2 heterocycles. The highest BCUT2D eigenvalue weighted by atomic mass is 16.7. The van der Waals surface area contributed by atoms with Crippen molar-refractivity contribution in [3.05, 3.63) is 215 Å². The Morgan fingerprint density at radius 3 is 1.29 bits per heavy atom. The second-order valence-corrected chi connectivity index (χ2v) is 18.9. The number of benzene rings is 6. The molecule has 418 valence electrons. The average Bonchev–Trinajstić information content (AvgIpc) is 3.97. The van der Waals surface area contributed by atoms with Crippen molar-refractivity contribution in [3.8, 4) is 0 Å². The Morgan fingerprint density at radius 1 is 0.487 bits per heavy atom. The van der Waals surface area contributed by atoms with E-state index in [1.54, 1.807) is 60.7 Å². The van der Waals surface area contributed by atoms with Gasteiger partial charge in [-0.1, -0.05) is 158 Å². The summed E-state index contributed by atoms with van der Waals surface area (Å²) in [4.78, 5) is 90.3. The number of alkyl carbamates (subject to hydrolysis) is 2. The Hall–Kier alpha value is -8.39. The Kier molecular flexibility index (Phi) is 22.7. The molecule has 80 heavy (non-hydrogen) atoms.